The fraction of sp³-hybridized carbons (Fsp3) is 0.0870. The zero-order valence-electron chi connectivity index (χ0n) is 18.3. The van der Waals surface area contributed by atoms with Crippen LogP contribution in [0.2, 0.25) is 0 Å². The topological polar surface area (TPSA) is 172 Å². The number of aryl methyl sites for hydroxylation is 2. The quantitative estimate of drug-likeness (QED) is 0.213. The second-order valence-corrected chi connectivity index (χ2v) is 7.40. The Morgan fingerprint density at radius 2 is 1.56 bits per heavy atom. The maximum atomic E-state index is 12.9. The molecule has 0 aliphatic rings. The second kappa shape index (κ2) is 9.28. The Bertz CT molecular complexity index is 1370. The van der Waals surface area contributed by atoms with E-state index in [1.807, 2.05) is 0 Å². The van der Waals surface area contributed by atoms with Gasteiger partial charge in [-0.15, -0.1) is 0 Å². The van der Waals surface area contributed by atoms with E-state index >= 15 is 0 Å². The number of aromatic nitrogens is 2. The number of benzene rings is 2. The lowest BCUT2D eigenvalue weighted by atomic mass is 10.1. The Morgan fingerprint density at radius 1 is 0.882 bits per heavy atom. The molecule has 4 aromatic rings. The molecular formula is C23H21N7O4. The lowest BCUT2D eigenvalue weighted by molar-refractivity contribution is 0.102. The molecule has 0 unspecified atom stereocenters. The average Bonchev–Trinajstić information content (AvgIpc) is 3.40. The molecule has 0 radical (unpaired) electrons. The highest BCUT2D eigenvalue weighted by Gasteiger charge is 2.24. The third kappa shape index (κ3) is 4.93. The van der Waals surface area contributed by atoms with Gasteiger partial charge in [-0.2, -0.15) is 0 Å². The van der Waals surface area contributed by atoms with Gasteiger partial charge in [0.05, 0.1) is 5.69 Å². The van der Waals surface area contributed by atoms with E-state index in [2.05, 4.69) is 26.3 Å². The molecule has 0 fully saturated rings. The van der Waals surface area contributed by atoms with Gasteiger partial charge in [0.2, 0.25) is 5.76 Å². The van der Waals surface area contributed by atoms with Crippen molar-refractivity contribution in [2.24, 2.45) is 5.73 Å². The van der Waals surface area contributed by atoms with Gasteiger partial charge in [-0.1, -0.05) is 22.4 Å². The normalized spacial score (nSPS) is 10.5. The molecule has 0 saturated heterocycles. The first-order chi connectivity index (χ1) is 16.3. The van der Waals surface area contributed by atoms with Crippen molar-refractivity contribution < 1.29 is 18.6 Å². The van der Waals surface area contributed by atoms with Gasteiger partial charge in [0, 0.05) is 28.7 Å². The highest BCUT2D eigenvalue weighted by atomic mass is 16.5. The molecular weight excluding hydrogens is 438 g/mol. The molecule has 4 rings (SSSR count). The van der Waals surface area contributed by atoms with Crippen molar-refractivity contribution in [3.05, 3.63) is 77.2 Å². The van der Waals surface area contributed by atoms with E-state index in [0.29, 0.717) is 39.8 Å². The second-order valence-electron chi connectivity index (χ2n) is 7.40. The van der Waals surface area contributed by atoms with Crippen LogP contribution in [-0.4, -0.2) is 28.1 Å². The van der Waals surface area contributed by atoms with Gasteiger partial charge in [-0.3, -0.25) is 10.2 Å². The number of nitrogen functional groups attached to an aromatic ring is 1. The minimum absolute atomic E-state index is 0.0913. The van der Waals surface area contributed by atoms with Crippen molar-refractivity contribution in [2.75, 3.05) is 16.0 Å². The zero-order valence-corrected chi connectivity index (χ0v) is 18.3. The summed E-state index contributed by atoms with van der Waals surface area (Å²) in [5, 5.41) is 23.4. The number of carbonyl (C=O) groups is 2. The number of nitrogens with two attached hydrogens (primary N) is 1. The highest BCUT2D eigenvalue weighted by Crippen LogP contribution is 2.27. The molecule has 2 heterocycles. The van der Waals surface area contributed by atoms with Crippen molar-refractivity contribution >= 4 is 34.8 Å². The number of anilines is 3. The molecule has 172 valence electrons. The molecule has 11 nitrogen and oxygen atoms in total. The number of nitrogens with one attached hydrogen (secondary N) is 4. The molecule has 2 aromatic heterocycles. The molecule has 0 aliphatic carbocycles. The van der Waals surface area contributed by atoms with Crippen molar-refractivity contribution in [2.45, 2.75) is 13.8 Å². The minimum atomic E-state index is -0.467. The molecule has 0 bridgehead atoms. The highest BCUT2D eigenvalue weighted by molar-refractivity contribution is 6.08. The summed E-state index contributed by atoms with van der Waals surface area (Å²) >= 11 is 0. The van der Waals surface area contributed by atoms with E-state index in [0.717, 1.165) is 0 Å². The number of rotatable bonds is 6. The molecule has 3 amide bonds. The van der Waals surface area contributed by atoms with Gasteiger partial charge in [0.15, 0.2) is 5.69 Å². The number of hydrogen-bond acceptors (Lipinski definition) is 7. The molecule has 0 aliphatic heterocycles. The van der Waals surface area contributed by atoms with Crippen molar-refractivity contribution in [3.63, 3.8) is 0 Å². The van der Waals surface area contributed by atoms with Crippen molar-refractivity contribution in [1.82, 2.24) is 10.3 Å². The van der Waals surface area contributed by atoms with E-state index < -0.39 is 11.9 Å². The summed E-state index contributed by atoms with van der Waals surface area (Å²) in [6.45, 7) is 3.39. The first-order valence-corrected chi connectivity index (χ1v) is 10.1. The van der Waals surface area contributed by atoms with Crippen LogP contribution in [0.4, 0.5) is 21.9 Å². The summed E-state index contributed by atoms with van der Waals surface area (Å²) in [6.07, 6.45) is 0. The lowest BCUT2D eigenvalue weighted by Gasteiger charge is -2.10. The summed E-state index contributed by atoms with van der Waals surface area (Å²) in [5.74, 6) is 0.286. The molecule has 6 N–H and O–H groups in total. The van der Waals surface area contributed by atoms with Crippen molar-refractivity contribution in [1.29, 1.82) is 5.41 Å². The van der Waals surface area contributed by atoms with Gasteiger partial charge in [0.1, 0.15) is 17.2 Å². The van der Waals surface area contributed by atoms with Gasteiger partial charge in [0.25, 0.3) is 5.91 Å². The lowest BCUT2D eigenvalue weighted by Crippen LogP contribution is -2.20. The predicted molar refractivity (Wildman–Crippen MR) is 126 cm³/mol. The first kappa shape index (κ1) is 22.3. The molecule has 0 saturated carbocycles. The summed E-state index contributed by atoms with van der Waals surface area (Å²) < 4.78 is 10.3. The summed E-state index contributed by atoms with van der Waals surface area (Å²) in [6, 6.07) is 14.4. The Kier molecular flexibility index (Phi) is 6.08. The number of nitrogens with zero attached hydrogens (tertiary/aromatic N) is 2. The Labute approximate surface area is 193 Å². The molecule has 2 aromatic carbocycles. The molecule has 11 heteroatoms. The number of amidine groups is 1. The van der Waals surface area contributed by atoms with E-state index in [1.165, 1.54) is 0 Å². The Hall–Kier alpha value is -4.93. The monoisotopic (exact) mass is 459 g/mol. The van der Waals surface area contributed by atoms with Crippen LogP contribution in [0.5, 0.6) is 0 Å². The van der Waals surface area contributed by atoms with E-state index in [-0.39, 0.29) is 17.2 Å². The van der Waals surface area contributed by atoms with Crippen LogP contribution in [0.15, 0.2) is 63.6 Å². The summed E-state index contributed by atoms with van der Waals surface area (Å²) in [4.78, 5) is 25.1. The van der Waals surface area contributed by atoms with Crippen LogP contribution >= 0.6 is 0 Å². The number of urea groups is 1. The van der Waals surface area contributed by atoms with E-state index in [1.54, 1.807) is 68.4 Å². The predicted octanol–water partition coefficient (Wildman–Crippen LogP) is 4.13. The third-order valence-corrected chi connectivity index (χ3v) is 4.78. The average molecular weight is 459 g/mol. The van der Waals surface area contributed by atoms with E-state index in [4.69, 9.17) is 20.2 Å². The number of carbonyl (C=O) groups excluding carboxylic acids is 2. The fourth-order valence-corrected chi connectivity index (χ4v) is 3.17. The van der Waals surface area contributed by atoms with Crippen LogP contribution in [0.3, 0.4) is 0 Å². The number of hydrogen-bond donors (Lipinski definition) is 5. The maximum Gasteiger partial charge on any atom is 0.323 e. The largest absolute Gasteiger partial charge is 0.384 e. The molecule has 34 heavy (non-hydrogen) atoms. The SMILES string of the molecule is Cc1cc(-c2onc(C)c2C(=O)Nc2ccc(NC(=O)Nc3cccc(C(=N)N)c3)cc2)no1. The van der Waals surface area contributed by atoms with Crippen LogP contribution in [0.25, 0.3) is 11.5 Å². The zero-order chi connectivity index (χ0) is 24.2. The maximum absolute atomic E-state index is 12.9. The Morgan fingerprint density at radius 3 is 2.21 bits per heavy atom. The standard InChI is InChI=1S/C23H21N7O4/c1-12-10-18(30-33-12)20-19(13(2)29-34-20)22(31)26-15-6-8-16(9-7-15)27-23(32)28-17-5-3-4-14(11-17)21(24)25/h3-11H,1-2H3,(H3,24,25)(H,26,31)(H2,27,28,32). The van der Waals surface area contributed by atoms with Crippen molar-refractivity contribution in [3.8, 4) is 11.5 Å². The number of amides is 3. The minimum Gasteiger partial charge on any atom is -0.384 e. The molecule has 0 atom stereocenters. The summed E-state index contributed by atoms with van der Waals surface area (Å²) in [5.41, 5.74) is 8.54. The van der Waals surface area contributed by atoms with Gasteiger partial charge < -0.3 is 30.7 Å². The third-order valence-electron chi connectivity index (χ3n) is 4.78. The van der Waals surface area contributed by atoms with Gasteiger partial charge >= 0.3 is 6.03 Å². The first-order valence-electron chi connectivity index (χ1n) is 10.1. The van der Waals surface area contributed by atoms with Crippen LogP contribution in [-0.2, 0) is 0 Å². The van der Waals surface area contributed by atoms with Crippen LogP contribution in [0, 0.1) is 19.3 Å². The summed E-state index contributed by atoms with van der Waals surface area (Å²) in [7, 11) is 0. The van der Waals surface area contributed by atoms with Crippen LogP contribution in [0.1, 0.15) is 27.4 Å². The van der Waals surface area contributed by atoms with E-state index in [9.17, 15) is 9.59 Å². The van der Waals surface area contributed by atoms with Gasteiger partial charge in [-0.25, -0.2) is 4.79 Å². The van der Waals surface area contributed by atoms with Gasteiger partial charge in [-0.05, 0) is 50.2 Å². The fourth-order valence-electron chi connectivity index (χ4n) is 3.17. The smallest absolute Gasteiger partial charge is 0.323 e. The van der Waals surface area contributed by atoms with Crippen LogP contribution < -0.4 is 21.7 Å². The molecule has 0 spiro atoms. The Balaban J connectivity index is 1.40.